The molecule has 6 heteroatoms. The van der Waals surface area contributed by atoms with Crippen LogP contribution in [-0.4, -0.2) is 10.9 Å². The van der Waals surface area contributed by atoms with Crippen LogP contribution in [-0.2, 0) is 0 Å². The van der Waals surface area contributed by atoms with Gasteiger partial charge in [-0.1, -0.05) is 12.1 Å². The SMILES string of the molecule is Cc1nc2sc(C(=O)Nc3ccccc3I)c(N)c2c(C)c1C. The number of benzene rings is 1. The highest BCUT2D eigenvalue weighted by molar-refractivity contribution is 14.1. The van der Waals surface area contributed by atoms with E-state index in [1.165, 1.54) is 11.3 Å². The Bertz CT molecular complexity index is 933. The number of aryl methyl sites for hydroxylation is 2. The Kier molecular flexibility index (Phi) is 4.29. The zero-order chi connectivity index (χ0) is 16.7. The number of anilines is 2. The Hall–Kier alpha value is -1.67. The fourth-order valence-corrected chi connectivity index (χ4v) is 4.10. The summed E-state index contributed by atoms with van der Waals surface area (Å²) >= 11 is 3.54. The van der Waals surface area contributed by atoms with Gasteiger partial charge in [-0.05, 0) is 66.6 Å². The van der Waals surface area contributed by atoms with Gasteiger partial charge < -0.3 is 11.1 Å². The van der Waals surface area contributed by atoms with Gasteiger partial charge in [0.25, 0.3) is 5.91 Å². The first-order valence-corrected chi connectivity index (χ1v) is 9.01. The first-order valence-electron chi connectivity index (χ1n) is 7.11. The topological polar surface area (TPSA) is 68.0 Å². The third-order valence-corrected chi connectivity index (χ3v) is 6.04. The lowest BCUT2D eigenvalue weighted by Gasteiger charge is -2.07. The van der Waals surface area contributed by atoms with Crippen molar-refractivity contribution in [2.45, 2.75) is 20.8 Å². The van der Waals surface area contributed by atoms with Crippen LogP contribution in [0.5, 0.6) is 0 Å². The summed E-state index contributed by atoms with van der Waals surface area (Å²) in [6.07, 6.45) is 0. The van der Waals surface area contributed by atoms with Gasteiger partial charge in [0.05, 0.1) is 11.4 Å². The number of amides is 1. The summed E-state index contributed by atoms with van der Waals surface area (Å²) in [5.74, 6) is -0.190. The maximum Gasteiger partial charge on any atom is 0.267 e. The van der Waals surface area contributed by atoms with Crippen molar-refractivity contribution in [3.05, 3.63) is 49.5 Å². The summed E-state index contributed by atoms with van der Waals surface area (Å²) in [6, 6.07) is 7.65. The lowest BCUT2D eigenvalue weighted by Crippen LogP contribution is -2.12. The Labute approximate surface area is 152 Å². The Morgan fingerprint density at radius 2 is 1.91 bits per heavy atom. The van der Waals surface area contributed by atoms with E-state index in [9.17, 15) is 4.79 Å². The van der Waals surface area contributed by atoms with Gasteiger partial charge in [-0.25, -0.2) is 4.98 Å². The number of nitrogens with one attached hydrogen (secondary N) is 1. The van der Waals surface area contributed by atoms with Crippen LogP contribution in [0, 0.1) is 24.3 Å². The van der Waals surface area contributed by atoms with E-state index in [1.54, 1.807) is 0 Å². The van der Waals surface area contributed by atoms with E-state index >= 15 is 0 Å². The molecule has 0 unspecified atom stereocenters. The van der Waals surface area contributed by atoms with Crippen molar-refractivity contribution in [3.63, 3.8) is 0 Å². The largest absolute Gasteiger partial charge is 0.397 e. The number of rotatable bonds is 2. The van der Waals surface area contributed by atoms with Crippen LogP contribution >= 0.6 is 33.9 Å². The number of nitrogen functional groups attached to an aromatic ring is 1. The number of carbonyl (C=O) groups excluding carboxylic acids is 1. The molecular weight excluding hydrogens is 421 g/mol. The van der Waals surface area contributed by atoms with Crippen molar-refractivity contribution in [3.8, 4) is 0 Å². The summed E-state index contributed by atoms with van der Waals surface area (Å²) in [5, 5.41) is 3.83. The number of aromatic nitrogens is 1. The zero-order valence-corrected chi connectivity index (χ0v) is 16.0. The van der Waals surface area contributed by atoms with E-state index in [2.05, 4.69) is 32.9 Å². The zero-order valence-electron chi connectivity index (χ0n) is 13.0. The van der Waals surface area contributed by atoms with Crippen molar-refractivity contribution in [1.29, 1.82) is 0 Å². The molecule has 0 radical (unpaired) electrons. The molecule has 0 atom stereocenters. The predicted molar refractivity (Wildman–Crippen MR) is 105 cm³/mol. The molecule has 1 amide bonds. The van der Waals surface area contributed by atoms with Crippen molar-refractivity contribution >= 4 is 61.4 Å². The third kappa shape index (κ3) is 2.81. The summed E-state index contributed by atoms with van der Waals surface area (Å²) in [5.41, 5.74) is 10.7. The lowest BCUT2D eigenvalue weighted by atomic mass is 10.1. The van der Waals surface area contributed by atoms with Crippen LogP contribution in [0.3, 0.4) is 0 Å². The van der Waals surface area contributed by atoms with E-state index in [-0.39, 0.29) is 5.91 Å². The summed E-state index contributed by atoms with van der Waals surface area (Å²) in [4.78, 5) is 18.5. The molecule has 0 saturated carbocycles. The first-order chi connectivity index (χ1) is 10.9. The Balaban J connectivity index is 2.07. The molecule has 1 aromatic carbocycles. The molecule has 0 saturated heterocycles. The number of nitrogens with two attached hydrogens (primary N) is 1. The molecule has 3 rings (SSSR count). The second-order valence-corrected chi connectivity index (χ2v) is 7.57. The van der Waals surface area contributed by atoms with Gasteiger partial charge in [-0.2, -0.15) is 0 Å². The average molecular weight is 437 g/mol. The number of pyridine rings is 1. The van der Waals surface area contributed by atoms with Crippen LogP contribution in [0.25, 0.3) is 10.2 Å². The van der Waals surface area contributed by atoms with Gasteiger partial charge in [0.1, 0.15) is 9.71 Å². The third-order valence-electron chi connectivity index (χ3n) is 4.00. The van der Waals surface area contributed by atoms with Gasteiger partial charge in [0.15, 0.2) is 0 Å². The number of hydrogen-bond donors (Lipinski definition) is 2. The molecule has 0 spiro atoms. The molecule has 2 aromatic heterocycles. The lowest BCUT2D eigenvalue weighted by molar-refractivity contribution is 0.103. The number of carbonyl (C=O) groups is 1. The van der Waals surface area contributed by atoms with Crippen molar-refractivity contribution in [2.24, 2.45) is 0 Å². The van der Waals surface area contributed by atoms with Gasteiger partial charge in [-0.15, -0.1) is 11.3 Å². The molecule has 0 fully saturated rings. The molecule has 0 aliphatic heterocycles. The van der Waals surface area contributed by atoms with Gasteiger partial charge in [-0.3, -0.25) is 4.79 Å². The quantitative estimate of drug-likeness (QED) is 0.573. The smallest absolute Gasteiger partial charge is 0.267 e. The average Bonchev–Trinajstić information content (AvgIpc) is 2.84. The van der Waals surface area contributed by atoms with Gasteiger partial charge >= 0.3 is 0 Å². The van der Waals surface area contributed by atoms with E-state index in [1.807, 2.05) is 45.0 Å². The molecular formula is C17H16IN3OS. The minimum absolute atomic E-state index is 0.190. The Morgan fingerprint density at radius 1 is 1.22 bits per heavy atom. The highest BCUT2D eigenvalue weighted by Crippen LogP contribution is 2.37. The van der Waals surface area contributed by atoms with Gasteiger partial charge in [0, 0.05) is 14.7 Å². The minimum atomic E-state index is -0.190. The maximum atomic E-state index is 12.6. The predicted octanol–water partition coefficient (Wildman–Crippen LogP) is 4.66. The fourth-order valence-electron chi connectivity index (χ4n) is 2.48. The van der Waals surface area contributed by atoms with Crippen LogP contribution in [0.2, 0.25) is 0 Å². The fraction of sp³-hybridized carbons (Fsp3) is 0.176. The molecule has 0 aliphatic rings. The van der Waals surface area contributed by atoms with Crippen LogP contribution in [0.15, 0.2) is 24.3 Å². The standard InChI is InChI=1S/C17H16IN3OS/c1-8-9(2)13-14(19)15(23-17(13)20-10(8)3)16(22)21-12-7-5-4-6-11(12)18/h4-7H,19H2,1-3H3,(H,21,22). The normalized spacial score (nSPS) is 11.0. The van der Waals surface area contributed by atoms with Crippen LogP contribution < -0.4 is 11.1 Å². The molecule has 2 heterocycles. The highest BCUT2D eigenvalue weighted by atomic mass is 127. The Morgan fingerprint density at radius 3 is 2.61 bits per heavy atom. The molecule has 4 nitrogen and oxygen atoms in total. The van der Waals surface area contributed by atoms with E-state index in [0.717, 1.165) is 36.3 Å². The van der Waals surface area contributed by atoms with Gasteiger partial charge in [0.2, 0.25) is 0 Å². The van der Waals surface area contributed by atoms with Crippen molar-refractivity contribution in [1.82, 2.24) is 4.98 Å². The number of fused-ring (bicyclic) bond motifs is 1. The van der Waals surface area contributed by atoms with Crippen molar-refractivity contribution in [2.75, 3.05) is 11.1 Å². The van der Waals surface area contributed by atoms with E-state index < -0.39 is 0 Å². The summed E-state index contributed by atoms with van der Waals surface area (Å²) in [7, 11) is 0. The molecule has 0 bridgehead atoms. The minimum Gasteiger partial charge on any atom is -0.397 e. The molecule has 0 aliphatic carbocycles. The summed E-state index contributed by atoms with van der Waals surface area (Å²) in [6.45, 7) is 6.03. The monoisotopic (exact) mass is 437 g/mol. The first kappa shape index (κ1) is 16.2. The number of nitrogens with zero attached hydrogens (tertiary/aromatic N) is 1. The number of thiophene rings is 1. The number of halogens is 1. The molecule has 3 aromatic rings. The highest BCUT2D eigenvalue weighted by Gasteiger charge is 2.20. The summed E-state index contributed by atoms with van der Waals surface area (Å²) < 4.78 is 0.985. The number of hydrogen-bond acceptors (Lipinski definition) is 4. The van der Waals surface area contributed by atoms with Crippen molar-refractivity contribution < 1.29 is 4.79 Å². The van der Waals surface area contributed by atoms with E-state index in [4.69, 9.17) is 5.73 Å². The van der Waals surface area contributed by atoms with Crippen LogP contribution in [0.1, 0.15) is 26.5 Å². The number of para-hydroxylation sites is 1. The molecule has 3 N–H and O–H groups in total. The molecule has 118 valence electrons. The van der Waals surface area contributed by atoms with Crippen LogP contribution in [0.4, 0.5) is 11.4 Å². The van der Waals surface area contributed by atoms with E-state index in [0.29, 0.717) is 10.6 Å². The maximum absolute atomic E-state index is 12.6. The molecule has 23 heavy (non-hydrogen) atoms. The second kappa shape index (κ2) is 6.09. The second-order valence-electron chi connectivity index (χ2n) is 5.41.